The van der Waals surface area contributed by atoms with E-state index >= 15 is 0 Å². The van der Waals surface area contributed by atoms with Gasteiger partial charge in [-0.1, -0.05) is 0 Å². The van der Waals surface area contributed by atoms with Gasteiger partial charge in [0.15, 0.2) is 5.65 Å². The van der Waals surface area contributed by atoms with Gasteiger partial charge in [-0.25, -0.2) is 0 Å². The van der Waals surface area contributed by atoms with Crippen LogP contribution in [0.25, 0.3) is 5.65 Å². The number of rotatable bonds is 2. The maximum Gasteiger partial charge on any atom is 0.255 e. The highest BCUT2D eigenvalue weighted by Crippen LogP contribution is 2.30. The number of carbonyl (C=O) groups excluding carboxylic acids is 1. The van der Waals surface area contributed by atoms with Gasteiger partial charge in [0.1, 0.15) is 5.82 Å². The summed E-state index contributed by atoms with van der Waals surface area (Å²) in [5.41, 5.74) is 1.50. The lowest BCUT2D eigenvalue weighted by molar-refractivity contribution is 0.0486. The Bertz CT molecular complexity index is 775. The van der Waals surface area contributed by atoms with Crippen LogP contribution in [0, 0.1) is 6.92 Å². The summed E-state index contributed by atoms with van der Waals surface area (Å²) < 4.78 is 1.89. The van der Waals surface area contributed by atoms with Crippen LogP contribution < -0.4 is 0 Å². The van der Waals surface area contributed by atoms with Crippen LogP contribution in [0.3, 0.4) is 0 Å². The zero-order valence-corrected chi connectivity index (χ0v) is 15.4. The molecule has 4 rings (SSSR count). The van der Waals surface area contributed by atoms with Crippen LogP contribution >= 0.6 is 0 Å². The lowest BCUT2D eigenvalue weighted by Gasteiger charge is -2.41. The van der Waals surface area contributed by atoms with Crippen molar-refractivity contribution in [2.45, 2.75) is 64.6 Å². The average Bonchev–Trinajstić information content (AvgIpc) is 3.16. The summed E-state index contributed by atoms with van der Waals surface area (Å²) in [7, 11) is 0. The summed E-state index contributed by atoms with van der Waals surface area (Å²) in [6.07, 6.45) is 6.70. The van der Waals surface area contributed by atoms with Crippen molar-refractivity contribution in [2.24, 2.45) is 0 Å². The molecule has 0 aliphatic carbocycles. The maximum atomic E-state index is 13.1. The van der Waals surface area contributed by atoms with Gasteiger partial charge >= 0.3 is 0 Å². The Hall–Kier alpha value is -1.95. The van der Waals surface area contributed by atoms with Crippen LogP contribution in [0.4, 0.5) is 0 Å². The van der Waals surface area contributed by atoms with Gasteiger partial charge in [0.2, 0.25) is 0 Å². The van der Waals surface area contributed by atoms with Crippen molar-refractivity contribution >= 4 is 11.6 Å². The number of hydrogen-bond acceptors (Lipinski definition) is 4. The summed E-state index contributed by atoms with van der Waals surface area (Å²) >= 11 is 0. The standard InChI is InChI=1S/C19H27N5O/c1-13-6-7-14(2)24(13)17-5-4-10-22(12-17)19(25)16-8-9-18-21-20-15(3)23(18)11-16/h8-9,11,13-14,17H,4-7,10,12H2,1-3H3/t13-,14+,17-/m1/s1. The smallest absolute Gasteiger partial charge is 0.255 e. The molecule has 2 saturated heterocycles. The van der Waals surface area contributed by atoms with E-state index in [0.717, 1.165) is 36.5 Å². The minimum Gasteiger partial charge on any atom is -0.337 e. The molecule has 0 radical (unpaired) electrons. The highest BCUT2D eigenvalue weighted by atomic mass is 16.2. The van der Waals surface area contributed by atoms with Crippen molar-refractivity contribution in [3.8, 4) is 0 Å². The lowest BCUT2D eigenvalue weighted by Crippen LogP contribution is -2.52. The molecular weight excluding hydrogens is 314 g/mol. The van der Waals surface area contributed by atoms with Crippen molar-refractivity contribution in [1.82, 2.24) is 24.4 Å². The summed E-state index contributed by atoms with van der Waals surface area (Å²) in [6, 6.07) is 5.50. The van der Waals surface area contributed by atoms with E-state index in [1.807, 2.05) is 34.6 Å². The molecule has 4 heterocycles. The minimum absolute atomic E-state index is 0.124. The van der Waals surface area contributed by atoms with E-state index in [1.165, 1.54) is 19.3 Å². The Kier molecular flexibility index (Phi) is 4.23. The predicted molar refractivity (Wildman–Crippen MR) is 96.6 cm³/mol. The van der Waals surface area contributed by atoms with Gasteiger partial charge < -0.3 is 4.90 Å². The van der Waals surface area contributed by atoms with Crippen LogP contribution in [0.2, 0.25) is 0 Å². The van der Waals surface area contributed by atoms with Gasteiger partial charge in [-0.2, -0.15) is 0 Å². The normalized spacial score (nSPS) is 28.0. The lowest BCUT2D eigenvalue weighted by atomic mass is 10.0. The molecule has 2 aliphatic rings. The van der Waals surface area contributed by atoms with Gasteiger partial charge in [-0.3, -0.25) is 14.1 Å². The van der Waals surface area contributed by atoms with E-state index in [2.05, 4.69) is 28.9 Å². The number of nitrogens with zero attached hydrogens (tertiary/aromatic N) is 5. The van der Waals surface area contributed by atoms with Crippen molar-refractivity contribution in [3.63, 3.8) is 0 Å². The van der Waals surface area contributed by atoms with Gasteiger partial charge in [0, 0.05) is 37.4 Å². The van der Waals surface area contributed by atoms with Crippen molar-refractivity contribution < 1.29 is 4.79 Å². The number of fused-ring (bicyclic) bond motifs is 1. The van der Waals surface area contributed by atoms with E-state index in [4.69, 9.17) is 0 Å². The number of piperidine rings is 1. The van der Waals surface area contributed by atoms with Gasteiger partial charge in [0.05, 0.1) is 5.56 Å². The van der Waals surface area contributed by atoms with Crippen molar-refractivity contribution in [3.05, 3.63) is 29.7 Å². The minimum atomic E-state index is 0.124. The number of carbonyl (C=O) groups is 1. The molecule has 0 aromatic carbocycles. The van der Waals surface area contributed by atoms with E-state index < -0.39 is 0 Å². The van der Waals surface area contributed by atoms with Crippen LogP contribution in [0.1, 0.15) is 55.7 Å². The Morgan fingerprint density at radius 1 is 1.12 bits per heavy atom. The number of hydrogen-bond donors (Lipinski definition) is 0. The molecule has 0 N–H and O–H groups in total. The Balaban J connectivity index is 1.53. The summed E-state index contributed by atoms with van der Waals surface area (Å²) in [6.45, 7) is 8.25. The number of aromatic nitrogens is 3. The largest absolute Gasteiger partial charge is 0.337 e. The molecule has 6 heteroatoms. The van der Waals surface area contributed by atoms with E-state index in [9.17, 15) is 4.79 Å². The van der Waals surface area contributed by atoms with Crippen molar-refractivity contribution in [1.29, 1.82) is 0 Å². The fraction of sp³-hybridized carbons (Fsp3) is 0.632. The summed E-state index contributed by atoms with van der Waals surface area (Å²) in [5, 5.41) is 8.16. The predicted octanol–water partition coefficient (Wildman–Crippen LogP) is 2.52. The van der Waals surface area contributed by atoms with Crippen LogP contribution in [0.5, 0.6) is 0 Å². The van der Waals surface area contributed by atoms with Gasteiger partial charge in [-0.05, 0) is 58.6 Å². The molecule has 3 atom stereocenters. The third-order valence-electron chi connectivity index (χ3n) is 5.95. The quantitative estimate of drug-likeness (QED) is 0.842. The molecule has 1 amide bonds. The fourth-order valence-electron chi connectivity index (χ4n) is 4.63. The second-order valence-electron chi connectivity index (χ2n) is 7.66. The van der Waals surface area contributed by atoms with Crippen LogP contribution in [-0.2, 0) is 0 Å². The Morgan fingerprint density at radius 2 is 1.88 bits per heavy atom. The van der Waals surface area contributed by atoms with Crippen LogP contribution in [-0.4, -0.2) is 61.5 Å². The molecule has 6 nitrogen and oxygen atoms in total. The first-order valence-electron chi connectivity index (χ1n) is 9.42. The number of pyridine rings is 1. The van der Waals surface area contributed by atoms with E-state index in [0.29, 0.717) is 18.1 Å². The molecule has 134 valence electrons. The molecule has 2 aromatic rings. The average molecular weight is 341 g/mol. The third kappa shape index (κ3) is 2.92. The zero-order valence-electron chi connectivity index (χ0n) is 15.4. The number of likely N-dealkylation sites (tertiary alicyclic amines) is 2. The Labute approximate surface area is 148 Å². The fourth-order valence-corrected chi connectivity index (χ4v) is 4.63. The molecule has 25 heavy (non-hydrogen) atoms. The SMILES string of the molecule is Cc1nnc2ccc(C(=O)N3CCC[C@@H](N4[C@H](C)CC[C@@H]4C)C3)cn12. The highest BCUT2D eigenvalue weighted by molar-refractivity contribution is 5.94. The molecule has 0 spiro atoms. The zero-order chi connectivity index (χ0) is 17.6. The third-order valence-corrected chi connectivity index (χ3v) is 5.95. The first-order chi connectivity index (χ1) is 12.0. The molecule has 0 unspecified atom stereocenters. The maximum absolute atomic E-state index is 13.1. The molecular formula is C19H27N5O. The number of amides is 1. The summed E-state index contributed by atoms with van der Waals surface area (Å²) in [5.74, 6) is 0.931. The second kappa shape index (κ2) is 6.41. The van der Waals surface area contributed by atoms with E-state index in [-0.39, 0.29) is 5.91 Å². The topological polar surface area (TPSA) is 53.7 Å². The van der Waals surface area contributed by atoms with E-state index in [1.54, 1.807) is 0 Å². The van der Waals surface area contributed by atoms with Gasteiger partial charge in [-0.15, -0.1) is 10.2 Å². The Morgan fingerprint density at radius 3 is 2.64 bits per heavy atom. The molecule has 0 saturated carbocycles. The second-order valence-corrected chi connectivity index (χ2v) is 7.66. The summed E-state index contributed by atoms with van der Waals surface area (Å²) in [4.78, 5) is 17.7. The van der Waals surface area contributed by atoms with Gasteiger partial charge in [0.25, 0.3) is 5.91 Å². The highest BCUT2D eigenvalue weighted by Gasteiger charge is 2.36. The first-order valence-corrected chi connectivity index (χ1v) is 9.42. The molecule has 0 bridgehead atoms. The first kappa shape index (κ1) is 16.5. The monoisotopic (exact) mass is 341 g/mol. The van der Waals surface area contributed by atoms with Crippen molar-refractivity contribution in [2.75, 3.05) is 13.1 Å². The van der Waals surface area contributed by atoms with Crippen LogP contribution in [0.15, 0.2) is 18.3 Å². The molecule has 2 fully saturated rings. The number of aryl methyl sites for hydroxylation is 1. The molecule has 2 aliphatic heterocycles. The molecule has 2 aromatic heterocycles.